The first-order valence-electron chi connectivity index (χ1n) is 13.6. The van der Waals surface area contributed by atoms with Crippen LogP contribution in [0.2, 0.25) is 0 Å². The van der Waals surface area contributed by atoms with E-state index in [0.29, 0.717) is 61.9 Å². The predicted octanol–water partition coefficient (Wildman–Crippen LogP) is 3.87. The van der Waals surface area contributed by atoms with Crippen LogP contribution in [0.15, 0.2) is 47.4 Å². The molecule has 0 radical (unpaired) electrons. The number of hydrogen-bond donors (Lipinski definition) is 1. The number of methoxy groups -OCH3 is 1. The van der Waals surface area contributed by atoms with E-state index in [9.17, 15) is 13.2 Å². The number of hydrogen-bond acceptors (Lipinski definition) is 7. The molecule has 2 aliphatic rings. The van der Waals surface area contributed by atoms with Crippen molar-refractivity contribution in [3.63, 3.8) is 0 Å². The van der Waals surface area contributed by atoms with Crippen molar-refractivity contribution < 1.29 is 27.4 Å². The first-order valence-corrected chi connectivity index (χ1v) is 15.2. The molecule has 8 nitrogen and oxygen atoms in total. The fourth-order valence-electron chi connectivity index (χ4n) is 5.12. The van der Waals surface area contributed by atoms with E-state index in [1.54, 1.807) is 31.4 Å². The van der Waals surface area contributed by atoms with E-state index in [-0.39, 0.29) is 17.7 Å². The van der Waals surface area contributed by atoms with E-state index in [1.165, 1.54) is 6.42 Å². The van der Waals surface area contributed by atoms with Gasteiger partial charge in [0, 0.05) is 25.6 Å². The normalized spacial score (nSPS) is 18.2. The molecule has 9 heteroatoms. The Kier molecular flexibility index (Phi) is 9.91. The van der Waals surface area contributed by atoms with Gasteiger partial charge in [-0.3, -0.25) is 4.79 Å². The fourth-order valence-corrected chi connectivity index (χ4v) is 6.49. The highest BCUT2D eigenvalue weighted by Gasteiger charge is 2.24. The minimum absolute atomic E-state index is 0.00851. The number of amides is 1. The van der Waals surface area contributed by atoms with Gasteiger partial charge >= 0.3 is 0 Å². The van der Waals surface area contributed by atoms with E-state index in [0.717, 1.165) is 36.7 Å². The zero-order chi connectivity index (χ0) is 27.0. The molecule has 208 valence electrons. The molecule has 2 aromatic carbocycles. The van der Waals surface area contributed by atoms with Crippen LogP contribution in [0.25, 0.3) is 0 Å². The minimum atomic E-state index is -3.35. The molecule has 1 unspecified atom stereocenters. The van der Waals surface area contributed by atoms with Crippen LogP contribution < -0.4 is 19.5 Å². The summed E-state index contributed by atoms with van der Waals surface area (Å²) in [6, 6.07) is 12.5. The Morgan fingerprint density at radius 1 is 1.08 bits per heavy atom. The van der Waals surface area contributed by atoms with Crippen molar-refractivity contribution >= 4 is 15.7 Å². The third-order valence-electron chi connectivity index (χ3n) is 7.18. The van der Waals surface area contributed by atoms with E-state index in [1.807, 2.05) is 18.2 Å². The molecule has 0 aliphatic carbocycles. The summed E-state index contributed by atoms with van der Waals surface area (Å²) in [4.78, 5) is 15.6. The molecule has 1 saturated heterocycles. The Hall–Kier alpha value is -2.78. The molecule has 1 amide bonds. The maximum absolute atomic E-state index is 12.9. The Morgan fingerprint density at radius 2 is 1.84 bits per heavy atom. The van der Waals surface area contributed by atoms with Gasteiger partial charge in [-0.25, -0.2) is 8.42 Å². The fraction of sp³-hybridized carbons (Fsp3) is 0.552. The summed E-state index contributed by atoms with van der Waals surface area (Å²) in [5, 5.41) is 3.25. The molecule has 0 aromatic heterocycles. The molecule has 1 N–H and O–H groups in total. The Labute approximate surface area is 226 Å². The molecular weight excluding hydrogens is 504 g/mol. The van der Waals surface area contributed by atoms with Gasteiger partial charge in [0.15, 0.2) is 21.3 Å². The van der Waals surface area contributed by atoms with Gasteiger partial charge in [-0.15, -0.1) is 0 Å². The van der Waals surface area contributed by atoms with Crippen molar-refractivity contribution in [2.24, 2.45) is 5.92 Å². The van der Waals surface area contributed by atoms with Crippen LogP contribution in [0, 0.1) is 5.92 Å². The molecule has 2 aromatic rings. The van der Waals surface area contributed by atoms with Crippen molar-refractivity contribution in [1.82, 2.24) is 10.2 Å². The van der Waals surface area contributed by atoms with Gasteiger partial charge in [0.25, 0.3) is 0 Å². The maximum atomic E-state index is 12.9. The molecule has 1 fully saturated rings. The van der Waals surface area contributed by atoms with Crippen molar-refractivity contribution in [3.8, 4) is 17.2 Å². The number of nitrogens with one attached hydrogen (secondary N) is 1. The molecule has 4 rings (SSSR count). The zero-order valence-corrected chi connectivity index (χ0v) is 23.3. The molecule has 2 atom stereocenters. The van der Waals surface area contributed by atoms with Crippen molar-refractivity contribution in [2.45, 2.75) is 56.4 Å². The van der Waals surface area contributed by atoms with Gasteiger partial charge in [-0.05, 0) is 80.1 Å². The molecule has 38 heavy (non-hydrogen) atoms. The first-order chi connectivity index (χ1) is 18.3. The van der Waals surface area contributed by atoms with E-state index in [4.69, 9.17) is 14.2 Å². The first kappa shape index (κ1) is 28.2. The lowest BCUT2D eigenvalue weighted by molar-refractivity contribution is -0.122. The average Bonchev–Trinajstić information content (AvgIpc) is 3.32. The lowest BCUT2D eigenvalue weighted by Crippen LogP contribution is -2.44. The number of nitrogens with zero attached hydrogens (tertiary/aromatic N) is 1. The number of ether oxygens (including phenoxy) is 3. The summed E-state index contributed by atoms with van der Waals surface area (Å²) in [6.45, 7) is 6.29. The SMILES string of the molecule is COc1ccc(S(=O)(=O)CCCCCC(=O)NC(Cc2ccc3c(c2)OCCO3)CN2CC[C@@H](C)C2)cc1. The van der Waals surface area contributed by atoms with E-state index in [2.05, 4.69) is 17.1 Å². The smallest absolute Gasteiger partial charge is 0.220 e. The van der Waals surface area contributed by atoms with Gasteiger partial charge in [-0.2, -0.15) is 0 Å². The van der Waals surface area contributed by atoms with Crippen molar-refractivity contribution in [2.75, 3.05) is 45.7 Å². The van der Waals surface area contributed by atoms with Gasteiger partial charge in [0.2, 0.25) is 5.91 Å². The maximum Gasteiger partial charge on any atom is 0.220 e. The average molecular weight is 545 g/mol. The number of rotatable bonds is 13. The summed E-state index contributed by atoms with van der Waals surface area (Å²) in [7, 11) is -1.80. The number of sulfone groups is 1. The standard InChI is InChI=1S/C29H40N2O6S/c1-22-13-14-31(20-22)21-24(18-23-7-12-27-28(19-23)37-16-15-36-27)30-29(32)6-4-3-5-17-38(33,34)26-10-8-25(35-2)9-11-26/h7-12,19,22,24H,3-6,13-18,20-21H2,1-2H3,(H,30,32)/t22-,24?/m1/s1. The highest BCUT2D eigenvalue weighted by molar-refractivity contribution is 7.91. The van der Waals surface area contributed by atoms with Gasteiger partial charge < -0.3 is 24.4 Å². The van der Waals surface area contributed by atoms with Crippen molar-refractivity contribution in [1.29, 1.82) is 0 Å². The van der Waals surface area contributed by atoms with Gasteiger partial charge in [0.1, 0.15) is 19.0 Å². The summed E-state index contributed by atoms with van der Waals surface area (Å²) >= 11 is 0. The number of unbranched alkanes of at least 4 members (excludes halogenated alkanes) is 2. The van der Waals surface area contributed by atoms with Crippen LogP contribution in [0.3, 0.4) is 0 Å². The molecule has 2 heterocycles. The van der Waals surface area contributed by atoms with E-state index < -0.39 is 9.84 Å². The Morgan fingerprint density at radius 3 is 2.55 bits per heavy atom. The number of likely N-dealkylation sites (tertiary alicyclic amines) is 1. The zero-order valence-electron chi connectivity index (χ0n) is 22.5. The lowest BCUT2D eigenvalue weighted by atomic mass is 10.0. The topological polar surface area (TPSA) is 94.2 Å². The number of benzene rings is 2. The largest absolute Gasteiger partial charge is 0.497 e. The van der Waals surface area contributed by atoms with Crippen LogP contribution in [-0.4, -0.2) is 71.0 Å². The van der Waals surface area contributed by atoms with Crippen molar-refractivity contribution in [3.05, 3.63) is 48.0 Å². The predicted molar refractivity (Wildman–Crippen MR) is 147 cm³/mol. The van der Waals surface area contributed by atoms with Crippen LogP contribution in [0.1, 0.15) is 44.6 Å². The van der Waals surface area contributed by atoms with Crippen LogP contribution in [0.4, 0.5) is 0 Å². The van der Waals surface area contributed by atoms with Gasteiger partial charge in [0.05, 0.1) is 17.8 Å². The highest BCUT2D eigenvalue weighted by Crippen LogP contribution is 2.31. The number of carbonyl (C=O) groups is 1. The van der Waals surface area contributed by atoms with Crippen LogP contribution >= 0.6 is 0 Å². The molecule has 0 saturated carbocycles. The minimum Gasteiger partial charge on any atom is -0.497 e. The third-order valence-corrected chi connectivity index (χ3v) is 8.99. The van der Waals surface area contributed by atoms with E-state index >= 15 is 0 Å². The highest BCUT2D eigenvalue weighted by atomic mass is 32.2. The summed E-state index contributed by atoms with van der Waals surface area (Å²) < 4.78 is 41.6. The molecule has 0 spiro atoms. The number of fused-ring (bicyclic) bond motifs is 1. The molecule has 2 aliphatic heterocycles. The summed E-state index contributed by atoms with van der Waals surface area (Å²) in [5.41, 5.74) is 1.11. The second-order valence-electron chi connectivity index (χ2n) is 10.4. The lowest BCUT2D eigenvalue weighted by Gasteiger charge is -2.26. The monoisotopic (exact) mass is 544 g/mol. The van der Waals surface area contributed by atoms with Crippen LogP contribution in [0.5, 0.6) is 17.2 Å². The van der Waals surface area contributed by atoms with Crippen LogP contribution in [-0.2, 0) is 21.1 Å². The van der Waals surface area contributed by atoms with Gasteiger partial charge in [-0.1, -0.05) is 19.4 Å². The Bertz CT molecular complexity index is 1170. The summed E-state index contributed by atoms with van der Waals surface area (Å²) in [6.07, 6.45) is 4.14. The molecule has 0 bridgehead atoms. The molecular formula is C29H40N2O6S. The second-order valence-corrected chi connectivity index (χ2v) is 12.5. The number of carbonyl (C=O) groups excluding carboxylic acids is 1. The second kappa shape index (κ2) is 13.3. The quantitative estimate of drug-likeness (QED) is 0.383. The Balaban J connectivity index is 1.25. The third kappa shape index (κ3) is 8.11. The summed E-state index contributed by atoms with van der Waals surface area (Å²) in [5.74, 6) is 2.91.